The second kappa shape index (κ2) is 15.8. The van der Waals surface area contributed by atoms with Gasteiger partial charge in [-0.05, 0) is 46.0 Å². The van der Waals surface area contributed by atoms with Gasteiger partial charge in [0.1, 0.15) is 17.8 Å². The summed E-state index contributed by atoms with van der Waals surface area (Å²) in [5.74, 6) is -1.84. The van der Waals surface area contributed by atoms with E-state index in [-0.39, 0.29) is 44.1 Å². The first-order chi connectivity index (χ1) is 22.7. The van der Waals surface area contributed by atoms with E-state index in [1.54, 1.807) is 12.1 Å². The first-order valence-corrected chi connectivity index (χ1v) is 15.7. The van der Waals surface area contributed by atoms with Crippen molar-refractivity contribution in [2.24, 2.45) is 5.73 Å². The van der Waals surface area contributed by atoms with E-state index in [1.165, 1.54) is 12.1 Å². The average Bonchev–Trinajstić information content (AvgIpc) is 3.08. The lowest BCUT2D eigenvalue weighted by atomic mass is 10.0. The summed E-state index contributed by atoms with van der Waals surface area (Å²) in [7, 11) is 0. The summed E-state index contributed by atoms with van der Waals surface area (Å²) in [6, 6.07) is 26.9. The van der Waals surface area contributed by atoms with E-state index < -0.39 is 35.8 Å². The highest BCUT2D eigenvalue weighted by Gasteiger charge is 2.29. The van der Waals surface area contributed by atoms with E-state index in [0.717, 1.165) is 27.5 Å². The standard InChI is InChI=1S/C36H40N6O5/c37-30(19-25-13-15-28(43)16-14-25)34(45)41-32-23-42(22-27-11-6-10-26-9-4-5-12-29(26)27)18-17-38-35(46)31(20-24-7-2-1-3-8-24)40-33(44)21-39-36(32)47/h1-16,30-32,43H,17-23,37H2,(H,38,46)(H,39,47)(H,40,44)(H,41,45)/t30-,31-,32+/m0/s1. The first-order valence-electron chi connectivity index (χ1n) is 15.7. The third kappa shape index (κ3) is 9.38. The minimum Gasteiger partial charge on any atom is -0.508 e. The molecule has 11 nitrogen and oxygen atoms in total. The van der Waals surface area contributed by atoms with Gasteiger partial charge < -0.3 is 32.1 Å². The van der Waals surface area contributed by atoms with E-state index in [9.17, 15) is 24.3 Å². The zero-order valence-electron chi connectivity index (χ0n) is 26.0. The largest absolute Gasteiger partial charge is 0.508 e. The number of carbonyl (C=O) groups excluding carboxylic acids is 4. The van der Waals surface area contributed by atoms with E-state index in [4.69, 9.17) is 5.73 Å². The van der Waals surface area contributed by atoms with Crippen molar-refractivity contribution in [3.05, 3.63) is 114 Å². The molecule has 1 heterocycles. The van der Waals surface area contributed by atoms with Crippen LogP contribution < -0.4 is 27.0 Å². The number of carbonyl (C=O) groups is 4. The molecular formula is C36H40N6O5. The number of benzene rings is 4. The van der Waals surface area contributed by atoms with Gasteiger partial charge in [0, 0.05) is 32.6 Å². The van der Waals surface area contributed by atoms with Crippen molar-refractivity contribution >= 4 is 34.4 Å². The molecule has 47 heavy (non-hydrogen) atoms. The Morgan fingerprint density at radius 1 is 0.872 bits per heavy atom. The molecule has 3 atom stereocenters. The molecule has 0 aromatic heterocycles. The smallest absolute Gasteiger partial charge is 0.244 e. The van der Waals surface area contributed by atoms with E-state index in [2.05, 4.69) is 21.3 Å². The van der Waals surface area contributed by atoms with E-state index in [1.807, 2.05) is 77.7 Å². The molecule has 5 rings (SSSR count). The lowest BCUT2D eigenvalue weighted by Crippen LogP contribution is -2.57. The van der Waals surface area contributed by atoms with Crippen molar-refractivity contribution in [3.63, 3.8) is 0 Å². The van der Waals surface area contributed by atoms with Gasteiger partial charge in [0.05, 0.1) is 12.6 Å². The van der Waals surface area contributed by atoms with Crippen LogP contribution in [0.2, 0.25) is 0 Å². The molecule has 1 aliphatic heterocycles. The summed E-state index contributed by atoms with van der Waals surface area (Å²) in [6.45, 7) is 0.749. The molecule has 0 saturated carbocycles. The Hall–Kier alpha value is -5.26. The van der Waals surface area contributed by atoms with Gasteiger partial charge in [-0.1, -0.05) is 84.9 Å². The maximum atomic E-state index is 13.6. The molecule has 244 valence electrons. The molecule has 1 fully saturated rings. The van der Waals surface area contributed by atoms with Crippen LogP contribution in [0.25, 0.3) is 10.8 Å². The van der Waals surface area contributed by atoms with Gasteiger partial charge in [-0.2, -0.15) is 0 Å². The minimum absolute atomic E-state index is 0.0949. The molecule has 0 spiro atoms. The van der Waals surface area contributed by atoms with Gasteiger partial charge in [-0.15, -0.1) is 0 Å². The molecule has 1 saturated heterocycles. The fourth-order valence-corrected chi connectivity index (χ4v) is 5.67. The Balaban J connectivity index is 1.38. The third-order valence-corrected chi connectivity index (χ3v) is 8.16. The Labute approximate surface area is 273 Å². The number of phenolic OH excluding ortho intramolecular Hbond substituents is 1. The van der Waals surface area contributed by atoms with Gasteiger partial charge in [0.25, 0.3) is 0 Å². The second-order valence-electron chi connectivity index (χ2n) is 11.7. The first kappa shape index (κ1) is 33.1. The van der Waals surface area contributed by atoms with Crippen LogP contribution in [0.4, 0.5) is 0 Å². The van der Waals surface area contributed by atoms with Crippen LogP contribution in [0.1, 0.15) is 16.7 Å². The van der Waals surface area contributed by atoms with Crippen LogP contribution in [0.15, 0.2) is 97.1 Å². The topological polar surface area (TPSA) is 166 Å². The highest BCUT2D eigenvalue weighted by atomic mass is 16.3. The Kier molecular flexibility index (Phi) is 11.2. The molecular weight excluding hydrogens is 596 g/mol. The Morgan fingerprint density at radius 3 is 2.38 bits per heavy atom. The number of amides is 4. The van der Waals surface area contributed by atoms with Crippen molar-refractivity contribution in [3.8, 4) is 5.75 Å². The number of rotatable bonds is 8. The van der Waals surface area contributed by atoms with Crippen molar-refractivity contribution in [1.82, 2.24) is 26.2 Å². The monoisotopic (exact) mass is 636 g/mol. The highest BCUT2D eigenvalue weighted by Crippen LogP contribution is 2.20. The predicted molar refractivity (Wildman–Crippen MR) is 179 cm³/mol. The van der Waals surface area contributed by atoms with Crippen LogP contribution in [-0.4, -0.2) is 77.9 Å². The van der Waals surface area contributed by atoms with Crippen LogP contribution in [0, 0.1) is 0 Å². The van der Waals surface area contributed by atoms with Crippen molar-refractivity contribution in [1.29, 1.82) is 0 Å². The highest BCUT2D eigenvalue weighted by molar-refractivity contribution is 5.93. The Bertz CT molecular complexity index is 1690. The number of aromatic hydroxyl groups is 1. The summed E-state index contributed by atoms with van der Waals surface area (Å²) in [6.07, 6.45) is 0.473. The van der Waals surface area contributed by atoms with Gasteiger partial charge in [-0.25, -0.2) is 0 Å². The number of nitrogens with one attached hydrogen (secondary N) is 4. The Morgan fingerprint density at radius 2 is 1.60 bits per heavy atom. The number of nitrogens with two attached hydrogens (primary N) is 1. The average molecular weight is 637 g/mol. The molecule has 4 aromatic carbocycles. The summed E-state index contributed by atoms with van der Waals surface area (Å²) < 4.78 is 0. The molecule has 7 N–H and O–H groups in total. The summed E-state index contributed by atoms with van der Waals surface area (Å²) in [4.78, 5) is 55.1. The van der Waals surface area contributed by atoms with Gasteiger partial charge in [-0.3, -0.25) is 24.1 Å². The minimum atomic E-state index is -1.05. The maximum Gasteiger partial charge on any atom is 0.244 e. The SMILES string of the molecule is N[C@@H](Cc1ccc(O)cc1)C(=O)N[C@@H]1CN(Cc2cccc3ccccc23)CCNC(=O)[C@H](Cc2ccccc2)NC(=O)CNC1=O. The molecule has 4 amide bonds. The van der Waals surface area contributed by atoms with Gasteiger partial charge in [0.2, 0.25) is 23.6 Å². The summed E-state index contributed by atoms with van der Waals surface area (Å²) in [5.41, 5.74) is 8.90. The zero-order valence-corrected chi connectivity index (χ0v) is 26.0. The zero-order chi connectivity index (χ0) is 33.2. The second-order valence-corrected chi connectivity index (χ2v) is 11.7. The van der Waals surface area contributed by atoms with Gasteiger partial charge in [0.15, 0.2) is 0 Å². The quantitative estimate of drug-likeness (QED) is 0.170. The lowest BCUT2D eigenvalue weighted by molar-refractivity contribution is -0.132. The number of phenols is 1. The van der Waals surface area contributed by atoms with Crippen molar-refractivity contribution < 1.29 is 24.3 Å². The molecule has 0 bridgehead atoms. The number of fused-ring (bicyclic) bond motifs is 1. The van der Waals surface area contributed by atoms with E-state index >= 15 is 0 Å². The molecule has 0 aliphatic carbocycles. The van der Waals surface area contributed by atoms with E-state index in [0.29, 0.717) is 13.1 Å². The van der Waals surface area contributed by atoms with Gasteiger partial charge >= 0.3 is 0 Å². The molecule has 4 aromatic rings. The fourth-order valence-electron chi connectivity index (χ4n) is 5.67. The lowest BCUT2D eigenvalue weighted by Gasteiger charge is -2.29. The normalized spacial score (nSPS) is 18.9. The molecule has 11 heteroatoms. The van der Waals surface area contributed by atoms with Crippen LogP contribution >= 0.6 is 0 Å². The summed E-state index contributed by atoms with van der Waals surface area (Å²) >= 11 is 0. The summed E-state index contributed by atoms with van der Waals surface area (Å²) in [5, 5.41) is 22.9. The predicted octanol–water partition coefficient (Wildman–Crippen LogP) is 1.38. The van der Waals surface area contributed by atoms with Crippen molar-refractivity contribution in [2.75, 3.05) is 26.2 Å². The fraction of sp³-hybridized carbons (Fsp3) is 0.278. The van der Waals surface area contributed by atoms with Crippen LogP contribution in [-0.2, 0) is 38.6 Å². The van der Waals surface area contributed by atoms with Crippen LogP contribution in [0.5, 0.6) is 5.75 Å². The van der Waals surface area contributed by atoms with Crippen LogP contribution in [0.3, 0.4) is 0 Å². The third-order valence-electron chi connectivity index (χ3n) is 8.16. The van der Waals surface area contributed by atoms with Crippen molar-refractivity contribution in [2.45, 2.75) is 37.5 Å². The maximum absolute atomic E-state index is 13.6. The number of hydrogen-bond acceptors (Lipinski definition) is 7. The number of nitrogens with zero attached hydrogens (tertiary/aromatic N) is 1. The number of hydrogen-bond donors (Lipinski definition) is 6. The molecule has 1 aliphatic rings. The molecule has 0 radical (unpaired) electrons. The molecule has 0 unspecified atom stereocenters.